The number of piperidine rings is 1. The highest BCUT2D eigenvalue weighted by Crippen LogP contribution is 2.10. The van der Waals surface area contributed by atoms with E-state index in [-0.39, 0.29) is 5.82 Å². The van der Waals surface area contributed by atoms with Gasteiger partial charge in [-0.3, -0.25) is 4.90 Å². The molecule has 1 saturated heterocycles. The lowest BCUT2D eigenvalue weighted by Crippen LogP contribution is -2.43. The van der Waals surface area contributed by atoms with Crippen molar-refractivity contribution < 1.29 is 4.39 Å². The number of halogens is 1. The van der Waals surface area contributed by atoms with Crippen LogP contribution in [0.25, 0.3) is 0 Å². The average Bonchev–Trinajstić information content (AvgIpc) is 2.43. The van der Waals surface area contributed by atoms with Gasteiger partial charge in [0.1, 0.15) is 5.82 Å². The van der Waals surface area contributed by atoms with E-state index in [4.69, 9.17) is 6.42 Å². The van der Waals surface area contributed by atoms with E-state index < -0.39 is 0 Å². The monoisotopic (exact) mass is 260 g/mol. The van der Waals surface area contributed by atoms with Gasteiger partial charge in [0.15, 0.2) is 0 Å². The molecule has 2 rings (SSSR count). The molecule has 19 heavy (non-hydrogen) atoms. The summed E-state index contributed by atoms with van der Waals surface area (Å²) in [5, 5.41) is 3.58. The number of rotatable bonds is 5. The van der Waals surface area contributed by atoms with E-state index in [0.29, 0.717) is 6.04 Å². The van der Waals surface area contributed by atoms with Crippen molar-refractivity contribution >= 4 is 0 Å². The maximum Gasteiger partial charge on any atom is 0.123 e. The summed E-state index contributed by atoms with van der Waals surface area (Å²) < 4.78 is 12.8. The van der Waals surface area contributed by atoms with E-state index >= 15 is 0 Å². The van der Waals surface area contributed by atoms with Crippen molar-refractivity contribution in [3.05, 3.63) is 35.6 Å². The zero-order valence-corrected chi connectivity index (χ0v) is 11.2. The van der Waals surface area contributed by atoms with Crippen LogP contribution >= 0.6 is 0 Å². The minimum atomic E-state index is -0.169. The molecule has 0 radical (unpaired) electrons. The predicted octanol–water partition coefficient (Wildman–Crippen LogP) is 2.06. The number of nitrogens with zero attached hydrogens (tertiary/aromatic N) is 1. The molecular formula is C16H21FN2. The highest BCUT2D eigenvalue weighted by Gasteiger charge is 2.17. The van der Waals surface area contributed by atoms with Crippen LogP contribution in [-0.4, -0.2) is 37.1 Å². The van der Waals surface area contributed by atoms with Gasteiger partial charge in [-0.25, -0.2) is 4.39 Å². The standard InChI is InChI=1S/C16H21FN2/c1-2-11-19-12-8-16(9-13-19)18-10-7-14-3-5-15(17)6-4-14/h1,3-6,16,18H,7-13H2. The Kier molecular flexibility index (Phi) is 5.38. The largest absolute Gasteiger partial charge is 0.314 e. The molecule has 1 aliphatic heterocycles. The Bertz CT molecular complexity index is 413. The third-order valence-electron chi connectivity index (χ3n) is 3.66. The van der Waals surface area contributed by atoms with E-state index in [1.165, 1.54) is 17.7 Å². The van der Waals surface area contributed by atoms with Crippen LogP contribution in [0.4, 0.5) is 4.39 Å². The van der Waals surface area contributed by atoms with Gasteiger partial charge in [0.2, 0.25) is 0 Å². The minimum Gasteiger partial charge on any atom is -0.314 e. The van der Waals surface area contributed by atoms with Gasteiger partial charge in [-0.15, -0.1) is 6.42 Å². The van der Waals surface area contributed by atoms with Crippen molar-refractivity contribution in [3.8, 4) is 12.3 Å². The highest BCUT2D eigenvalue weighted by atomic mass is 19.1. The average molecular weight is 260 g/mol. The number of hydrogen-bond acceptors (Lipinski definition) is 2. The molecule has 1 aromatic carbocycles. The molecule has 0 unspecified atom stereocenters. The maximum atomic E-state index is 12.8. The summed E-state index contributed by atoms with van der Waals surface area (Å²) in [7, 11) is 0. The number of terminal acetylenes is 1. The van der Waals surface area contributed by atoms with E-state index in [1.807, 2.05) is 12.1 Å². The molecule has 2 nitrogen and oxygen atoms in total. The lowest BCUT2D eigenvalue weighted by Gasteiger charge is -2.31. The summed E-state index contributed by atoms with van der Waals surface area (Å²) in [5.41, 5.74) is 1.18. The Morgan fingerprint density at radius 3 is 2.58 bits per heavy atom. The normalized spacial score (nSPS) is 17.3. The fourth-order valence-corrected chi connectivity index (χ4v) is 2.50. The van der Waals surface area contributed by atoms with E-state index in [1.54, 1.807) is 0 Å². The van der Waals surface area contributed by atoms with E-state index in [2.05, 4.69) is 16.1 Å². The SMILES string of the molecule is C#CCN1CCC(NCCc2ccc(F)cc2)CC1. The van der Waals surface area contributed by atoms with Gasteiger partial charge in [-0.2, -0.15) is 0 Å². The lowest BCUT2D eigenvalue weighted by molar-refractivity contribution is 0.218. The van der Waals surface area contributed by atoms with Crippen LogP contribution in [0.15, 0.2) is 24.3 Å². The van der Waals surface area contributed by atoms with Crippen LogP contribution in [0.1, 0.15) is 18.4 Å². The minimum absolute atomic E-state index is 0.169. The fourth-order valence-electron chi connectivity index (χ4n) is 2.50. The highest BCUT2D eigenvalue weighted by molar-refractivity contribution is 5.16. The second-order valence-electron chi connectivity index (χ2n) is 5.09. The number of hydrogen-bond donors (Lipinski definition) is 1. The van der Waals surface area contributed by atoms with Crippen LogP contribution in [0.3, 0.4) is 0 Å². The Morgan fingerprint density at radius 2 is 1.95 bits per heavy atom. The van der Waals surface area contributed by atoms with Gasteiger partial charge < -0.3 is 5.32 Å². The van der Waals surface area contributed by atoms with Gasteiger partial charge in [0, 0.05) is 19.1 Å². The van der Waals surface area contributed by atoms with Crippen molar-refractivity contribution in [1.82, 2.24) is 10.2 Å². The molecule has 0 amide bonds. The summed E-state index contributed by atoms with van der Waals surface area (Å²) in [5.74, 6) is 2.53. The molecule has 0 atom stereocenters. The van der Waals surface area contributed by atoms with Crippen molar-refractivity contribution in [2.24, 2.45) is 0 Å². The lowest BCUT2D eigenvalue weighted by atomic mass is 10.0. The van der Waals surface area contributed by atoms with Gasteiger partial charge in [0.05, 0.1) is 6.54 Å². The van der Waals surface area contributed by atoms with Crippen molar-refractivity contribution in [3.63, 3.8) is 0 Å². The molecule has 1 heterocycles. The maximum absolute atomic E-state index is 12.8. The number of likely N-dealkylation sites (tertiary alicyclic amines) is 1. The van der Waals surface area contributed by atoms with Crippen LogP contribution in [0.5, 0.6) is 0 Å². The van der Waals surface area contributed by atoms with Gasteiger partial charge >= 0.3 is 0 Å². The van der Waals surface area contributed by atoms with Gasteiger partial charge in [-0.1, -0.05) is 18.1 Å². The second kappa shape index (κ2) is 7.28. The van der Waals surface area contributed by atoms with Crippen molar-refractivity contribution in [2.45, 2.75) is 25.3 Å². The summed E-state index contributed by atoms with van der Waals surface area (Å²) in [6.45, 7) is 3.88. The Labute approximate surface area is 115 Å². The van der Waals surface area contributed by atoms with Gasteiger partial charge in [-0.05, 0) is 43.5 Å². The molecule has 0 saturated carbocycles. The Balaban J connectivity index is 1.64. The fraction of sp³-hybridized carbons (Fsp3) is 0.500. The first-order valence-corrected chi connectivity index (χ1v) is 6.91. The van der Waals surface area contributed by atoms with Crippen molar-refractivity contribution in [1.29, 1.82) is 0 Å². The van der Waals surface area contributed by atoms with E-state index in [9.17, 15) is 4.39 Å². The van der Waals surface area contributed by atoms with Crippen LogP contribution in [0.2, 0.25) is 0 Å². The zero-order valence-electron chi connectivity index (χ0n) is 11.2. The summed E-state index contributed by atoms with van der Waals surface area (Å²) >= 11 is 0. The smallest absolute Gasteiger partial charge is 0.123 e. The number of benzene rings is 1. The van der Waals surface area contributed by atoms with E-state index in [0.717, 1.165) is 45.4 Å². The predicted molar refractivity (Wildman–Crippen MR) is 76.4 cm³/mol. The second-order valence-corrected chi connectivity index (χ2v) is 5.09. The molecular weight excluding hydrogens is 239 g/mol. The first-order chi connectivity index (χ1) is 9.28. The molecule has 0 aromatic heterocycles. The van der Waals surface area contributed by atoms with Crippen LogP contribution in [-0.2, 0) is 6.42 Å². The third-order valence-corrected chi connectivity index (χ3v) is 3.66. The first kappa shape index (κ1) is 14.0. The third kappa shape index (κ3) is 4.66. The van der Waals surface area contributed by atoms with Crippen LogP contribution < -0.4 is 5.32 Å². The summed E-state index contributed by atoms with van der Waals surface area (Å²) in [4.78, 5) is 2.32. The Morgan fingerprint density at radius 1 is 1.26 bits per heavy atom. The molecule has 0 spiro atoms. The molecule has 1 N–H and O–H groups in total. The molecule has 0 bridgehead atoms. The topological polar surface area (TPSA) is 15.3 Å². The molecule has 0 aliphatic carbocycles. The number of nitrogens with one attached hydrogen (secondary N) is 1. The zero-order chi connectivity index (χ0) is 13.5. The molecule has 1 fully saturated rings. The Hall–Kier alpha value is -1.37. The summed E-state index contributed by atoms with van der Waals surface area (Å²) in [6.07, 6.45) is 8.58. The molecule has 3 heteroatoms. The van der Waals surface area contributed by atoms with Gasteiger partial charge in [0.25, 0.3) is 0 Å². The van der Waals surface area contributed by atoms with Crippen LogP contribution in [0, 0.1) is 18.2 Å². The molecule has 102 valence electrons. The summed E-state index contributed by atoms with van der Waals surface area (Å²) in [6, 6.07) is 7.34. The quantitative estimate of drug-likeness (QED) is 0.815. The molecule has 1 aromatic rings. The first-order valence-electron chi connectivity index (χ1n) is 6.91. The van der Waals surface area contributed by atoms with Crippen molar-refractivity contribution in [2.75, 3.05) is 26.2 Å². The molecule has 1 aliphatic rings.